The molecule has 0 radical (unpaired) electrons. The second-order valence-corrected chi connectivity index (χ2v) is 4.77. The zero-order chi connectivity index (χ0) is 12.3. The zero-order valence-corrected chi connectivity index (χ0v) is 10.3. The minimum absolute atomic E-state index is 0.0314. The summed E-state index contributed by atoms with van der Waals surface area (Å²) >= 11 is 0. The van der Waals surface area contributed by atoms with Crippen LogP contribution in [0.1, 0.15) is 42.1 Å². The third kappa shape index (κ3) is 3.07. The van der Waals surface area contributed by atoms with Crippen molar-refractivity contribution < 1.29 is 4.79 Å². The van der Waals surface area contributed by atoms with Gasteiger partial charge in [0.05, 0.1) is 0 Å². The molecule has 1 aromatic rings. The molecule has 0 spiro atoms. The van der Waals surface area contributed by atoms with Crippen LogP contribution in [0.5, 0.6) is 0 Å². The van der Waals surface area contributed by atoms with Crippen LogP contribution in [0.2, 0.25) is 0 Å². The summed E-state index contributed by atoms with van der Waals surface area (Å²) in [5.74, 6) is 0.727. The van der Waals surface area contributed by atoms with E-state index in [1.165, 1.54) is 12.8 Å². The predicted molar refractivity (Wildman–Crippen MR) is 68.6 cm³/mol. The summed E-state index contributed by atoms with van der Waals surface area (Å²) in [6, 6.07) is 7.92. The van der Waals surface area contributed by atoms with E-state index in [1.807, 2.05) is 24.3 Å². The fourth-order valence-electron chi connectivity index (χ4n) is 2.21. The van der Waals surface area contributed by atoms with Gasteiger partial charge in [-0.15, -0.1) is 0 Å². The van der Waals surface area contributed by atoms with Gasteiger partial charge in [0, 0.05) is 18.2 Å². The van der Waals surface area contributed by atoms with E-state index in [4.69, 9.17) is 5.73 Å². The summed E-state index contributed by atoms with van der Waals surface area (Å²) < 4.78 is 0. The molecule has 1 saturated carbocycles. The van der Waals surface area contributed by atoms with Crippen LogP contribution >= 0.6 is 0 Å². The Morgan fingerprint density at radius 3 is 3.06 bits per heavy atom. The lowest BCUT2D eigenvalue weighted by Gasteiger charge is -2.05. The van der Waals surface area contributed by atoms with Crippen LogP contribution in [0.15, 0.2) is 24.3 Å². The predicted octanol–water partition coefficient (Wildman–Crippen LogP) is 2.06. The highest BCUT2D eigenvalue weighted by Gasteiger charge is 2.37. The number of nitrogens with one attached hydrogen (secondary N) is 1. The summed E-state index contributed by atoms with van der Waals surface area (Å²) in [5.41, 5.74) is 7.28. The van der Waals surface area contributed by atoms with Gasteiger partial charge >= 0.3 is 0 Å². The van der Waals surface area contributed by atoms with Crippen molar-refractivity contribution in [1.82, 2.24) is 5.32 Å². The standard InChI is InChI=1S/C14H20N2O/c1-2-4-11-8-13(11)16-14(17)12-6-3-5-10(7-12)9-15/h3,5-7,11,13H,2,4,8-9,15H2,1H3,(H,16,17). The average molecular weight is 232 g/mol. The van der Waals surface area contributed by atoms with Crippen molar-refractivity contribution in [2.24, 2.45) is 11.7 Å². The molecule has 3 N–H and O–H groups in total. The quantitative estimate of drug-likeness (QED) is 0.816. The third-order valence-electron chi connectivity index (χ3n) is 3.32. The van der Waals surface area contributed by atoms with Crippen molar-refractivity contribution in [2.45, 2.75) is 38.8 Å². The summed E-state index contributed by atoms with van der Waals surface area (Å²) in [5, 5.41) is 3.08. The molecule has 0 bridgehead atoms. The molecule has 2 unspecified atom stereocenters. The van der Waals surface area contributed by atoms with Gasteiger partial charge in [-0.1, -0.05) is 25.5 Å². The Hall–Kier alpha value is -1.35. The maximum absolute atomic E-state index is 12.0. The number of carbonyl (C=O) groups excluding carboxylic acids is 1. The first kappa shape index (κ1) is 12.1. The van der Waals surface area contributed by atoms with Crippen molar-refractivity contribution in [3.8, 4) is 0 Å². The highest BCUT2D eigenvalue weighted by Crippen LogP contribution is 2.34. The Labute approximate surface area is 102 Å². The Bertz CT molecular complexity index is 403. The van der Waals surface area contributed by atoms with E-state index in [-0.39, 0.29) is 5.91 Å². The lowest BCUT2D eigenvalue weighted by atomic mass is 10.1. The molecule has 1 fully saturated rings. The molecule has 0 heterocycles. The van der Waals surface area contributed by atoms with Crippen molar-refractivity contribution in [3.05, 3.63) is 35.4 Å². The number of carbonyl (C=O) groups is 1. The molecule has 0 saturated heterocycles. The van der Waals surface area contributed by atoms with E-state index in [1.54, 1.807) is 0 Å². The van der Waals surface area contributed by atoms with Gasteiger partial charge in [-0.05, 0) is 36.5 Å². The van der Waals surface area contributed by atoms with Gasteiger partial charge in [0.2, 0.25) is 0 Å². The van der Waals surface area contributed by atoms with Crippen LogP contribution in [0.4, 0.5) is 0 Å². The van der Waals surface area contributed by atoms with Crippen LogP contribution < -0.4 is 11.1 Å². The van der Waals surface area contributed by atoms with Gasteiger partial charge in [0.1, 0.15) is 0 Å². The lowest BCUT2D eigenvalue weighted by Crippen LogP contribution is -2.26. The number of rotatable bonds is 5. The normalized spacial score (nSPS) is 22.2. The van der Waals surface area contributed by atoms with E-state index in [2.05, 4.69) is 12.2 Å². The van der Waals surface area contributed by atoms with Crippen molar-refractivity contribution in [2.75, 3.05) is 0 Å². The number of hydrogen-bond acceptors (Lipinski definition) is 2. The van der Waals surface area contributed by atoms with E-state index in [9.17, 15) is 4.79 Å². The maximum atomic E-state index is 12.0. The van der Waals surface area contributed by atoms with Gasteiger partial charge in [0.25, 0.3) is 5.91 Å². The molecular weight excluding hydrogens is 212 g/mol. The minimum Gasteiger partial charge on any atom is -0.349 e. The molecule has 3 heteroatoms. The fourth-order valence-corrected chi connectivity index (χ4v) is 2.21. The number of nitrogens with two attached hydrogens (primary N) is 1. The lowest BCUT2D eigenvalue weighted by molar-refractivity contribution is 0.0948. The third-order valence-corrected chi connectivity index (χ3v) is 3.32. The molecule has 3 nitrogen and oxygen atoms in total. The zero-order valence-electron chi connectivity index (χ0n) is 10.3. The largest absolute Gasteiger partial charge is 0.349 e. The Morgan fingerprint density at radius 1 is 1.53 bits per heavy atom. The molecule has 1 amide bonds. The molecule has 2 rings (SSSR count). The summed E-state index contributed by atoms with van der Waals surface area (Å²) in [7, 11) is 0. The van der Waals surface area contributed by atoms with Crippen molar-refractivity contribution in [3.63, 3.8) is 0 Å². The molecule has 0 aromatic heterocycles. The maximum Gasteiger partial charge on any atom is 0.251 e. The minimum atomic E-state index is 0.0314. The van der Waals surface area contributed by atoms with Crippen molar-refractivity contribution in [1.29, 1.82) is 0 Å². The summed E-state index contributed by atoms with van der Waals surface area (Å²) in [4.78, 5) is 12.0. The molecule has 1 aliphatic rings. The first-order chi connectivity index (χ1) is 8.24. The summed E-state index contributed by atoms with van der Waals surface area (Å²) in [6.45, 7) is 2.66. The smallest absolute Gasteiger partial charge is 0.251 e. The van der Waals surface area contributed by atoms with Crippen LogP contribution in [-0.4, -0.2) is 11.9 Å². The van der Waals surface area contributed by atoms with E-state index in [0.717, 1.165) is 17.5 Å². The molecule has 1 aliphatic carbocycles. The first-order valence-corrected chi connectivity index (χ1v) is 6.34. The average Bonchev–Trinajstić information content (AvgIpc) is 3.08. The number of amides is 1. The number of hydrogen-bond donors (Lipinski definition) is 2. The van der Waals surface area contributed by atoms with Gasteiger partial charge in [-0.25, -0.2) is 0 Å². The highest BCUT2D eigenvalue weighted by atomic mass is 16.1. The van der Waals surface area contributed by atoms with Crippen LogP contribution in [0, 0.1) is 5.92 Å². The topological polar surface area (TPSA) is 55.1 Å². The Kier molecular flexibility index (Phi) is 3.79. The van der Waals surface area contributed by atoms with E-state index >= 15 is 0 Å². The monoisotopic (exact) mass is 232 g/mol. The van der Waals surface area contributed by atoms with Crippen LogP contribution in [0.3, 0.4) is 0 Å². The molecule has 17 heavy (non-hydrogen) atoms. The second kappa shape index (κ2) is 5.32. The van der Waals surface area contributed by atoms with Crippen LogP contribution in [0.25, 0.3) is 0 Å². The van der Waals surface area contributed by atoms with Gasteiger partial charge in [-0.3, -0.25) is 4.79 Å². The Balaban J connectivity index is 1.91. The SMILES string of the molecule is CCCC1CC1NC(=O)c1cccc(CN)c1. The van der Waals surface area contributed by atoms with Gasteiger partial charge < -0.3 is 11.1 Å². The van der Waals surface area contributed by atoms with E-state index < -0.39 is 0 Å². The fraction of sp³-hybridized carbons (Fsp3) is 0.500. The first-order valence-electron chi connectivity index (χ1n) is 6.34. The summed E-state index contributed by atoms with van der Waals surface area (Å²) in [6.07, 6.45) is 3.55. The molecule has 92 valence electrons. The molecular formula is C14H20N2O. The molecule has 1 aromatic carbocycles. The van der Waals surface area contributed by atoms with Gasteiger partial charge in [-0.2, -0.15) is 0 Å². The molecule has 2 atom stereocenters. The van der Waals surface area contributed by atoms with Crippen molar-refractivity contribution >= 4 is 5.91 Å². The number of benzene rings is 1. The van der Waals surface area contributed by atoms with Crippen LogP contribution in [-0.2, 0) is 6.54 Å². The highest BCUT2D eigenvalue weighted by molar-refractivity contribution is 5.94. The van der Waals surface area contributed by atoms with E-state index in [0.29, 0.717) is 18.5 Å². The second-order valence-electron chi connectivity index (χ2n) is 4.77. The molecule has 0 aliphatic heterocycles. The Morgan fingerprint density at radius 2 is 2.35 bits per heavy atom. The van der Waals surface area contributed by atoms with Gasteiger partial charge in [0.15, 0.2) is 0 Å².